The summed E-state index contributed by atoms with van der Waals surface area (Å²) in [6.07, 6.45) is 0. The van der Waals surface area contributed by atoms with Crippen LogP contribution in [0, 0.1) is 0 Å². The predicted molar refractivity (Wildman–Crippen MR) is 50.9 cm³/mol. The molecule has 1 saturated heterocycles. The normalized spacial score (nSPS) is 25.9. The lowest BCUT2D eigenvalue weighted by molar-refractivity contribution is -0.280. The van der Waals surface area contributed by atoms with Crippen molar-refractivity contribution in [3.05, 3.63) is 0 Å². The van der Waals surface area contributed by atoms with Crippen LogP contribution < -0.4 is 0 Å². The molecule has 82 valence electrons. The minimum Gasteiger partial charge on any atom is -0.299 e. The Hall–Kier alpha value is -0.650. The van der Waals surface area contributed by atoms with Crippen LogP contribution in [0.3, 0.4) is 0 Å². The van der Waals surface area contributed by atoms with Crippen LogP contribution in [0.15, 0.2) is 0 Å². The number of hydroxylamine groups is 4. The molecule has 1 fully saturated rings. The van der Waals surface area contributed by atoms with Crippen LogP contribution in [0.4, 0.5) is 0 Å². The quantitative estimate of drug-likeness (QED) is 0.663. The van der Waals surface area contributed by atoms with E-state index in [4.69, 9.17) is 9.68 Å². The van der Waals surface area contributed by atoms with Gasteiger partial charge in [0.25, 0.3) is 5.91 Å². The predicted octanol–water partition coefficient (Wildman–Crippen LogP) is 0.768. The summed E-state index contributed by atoms with van der Waals surface area (Å²) in [5.74, 6) is -0.105. The third-order valence-electron chi connectivity index (χ3n) is 2.57. The van der Waals surface area contributed by atoms with E-state index in [1.165, 1.54) is 12.2 Å². The Kier molecular flexibility index (Phi) is 2.60. The van der Waals surface area contributed by atoms with Gasteiger partial charge in [-0.05, 0) is 27.7 Å². The number of hydrogen-bond acceptors (Lipinski definition) is 4. The first-order chi connectivity index (χ1) is 6.30. The van der Waals surface area contributed by atoms with E-state index >= 15 is 0 Å². The number of nitrogens with zero attached hydrogens (tertiary/aromatic N) is 2. The van der Waals surface area contributed by atoms with Gasteiger partial charge in [0, 0.05) is 0 Å². The van der Waals surface area contributed by atoms with Gasteiger partial charge in [-0.15, -0.1) is 5.06 Å². The molecule has 0 aromatic rings. The summed E-state index contributed by atoms with van der Waals surface area (Å²) in [6.45, 7) is 7.35. The molecule has 14 heavy (non-hydrogen) atoms. The van der Waals surface area contributed by atoms with E-state index in [1.807, 2.05) is 13.8 Å². The Balaban J connectivity index is 3.14. The summed E-state index contributed by atoms with van der Waals surface area (Å²) in [7, 11) is 3.03. The highest BCUT2D eigenvalue weighted by Gasteiger charge is 2.58. The van der Waals surface area contributed by atoms with Gasteiger partial charge < -0.3 is 0 Å². The number of carbonyl (C=O) groups excluding carboxylic acids is 1. The average Bonchev–Trinajstić information content (AvgIpc) is 2.16. The molecule has 0 atom stereocenters. The Labute approximate surface area is 84.5 Å². The summed E-state index contributed by atoms with van der Waals surface area (Å²) in [6, 6.07) is 0. The van der Waals surface area contributed by atoms with Gasteiger partial charge >= 0.3 is 0 Å². The third-order valence-corrected chi connectivity index (χ3v) is 2.57. The first-order valence-corrected chi connectivity index (χ1v) is 4.53. The van der Waals surface area contributed by atoms with Gasteiger partial charge in [-0.25, -0.2) is 0 Å². The fourth-order valence-corrected chi connectivity index (χ4v) is 2.11. The first kappa shape index (κ1) is 11.4. The van der Waals surface area contributed by atoms with Crippen molar-refractivity contribution in [2.24, 2.45) is 0 Å². The molecule has 0 bridgehead atoms. The summed E-state index contributed by atoms with van der Waals surface area (Å²) in [4.78, 5) is 22.2. The molecule has 0 N–H and O–H groups in total. The van der Waals surface area contributed by atoms with E-state index in [0.29, 0.717) is 0 Å². The second-order valence-corrected chi connectivity index (χ2v) is 4.31. The number of amides is 1. The molecule has 0 spiro atoms. The summed E-state index contributed by atoms with van der Waals surface area (Å²) >= 11 is 0. The minimum absolute atomic E-state index is 0.105. The van der Waals surface area contributed by atoms with Crippen LogP contribution in [-0.2, 0) is 14.5 Å². The van der Waals surface area contributed by atoms with Crippen molar-refractivity contribution in [1.82, 2.24) is 10.1 Å². The lowest BCUT2D eigenvalue weighted by Gasteiger charge is -2.36. The monoisotopic (exact) mass is 202 g/mol. The van der Waals surface area contributed by atoms with Crippen LogP contribution in [-0.4, -0.2) is 41.5 Å². The van der Waals surface area contributed by atoms with Crippen molar-refractivity contribution in [1.29, 1.82) is 0 Å². The minimum atomic E-state index is -0.700. The lowest BCUT2D eigenvalue weighted by Crippen LogP contribution is -2.51. The van der Waals surface area contributed by atoms with E-state index in [9.17, 15) is 4.79 Å². The lowest BCUT2D eigenvalue weighted by atomic mass is 10.1. The molecule has 1 aliphatic rings. The molecule has 0 aliphatic carbocycles. The van der Waals surface area contributed by atoms with Gasteiger partial charge in [0.1, 0.15) is 11.2 Å². The Morgan fingerprint density at radius 3 is 1.79 bits per heavy atom. The third kappa shape index (κ3) is 1.24. The molecule has 0 saturated carbocycles. The molecule has 0 unspecified atom stereocenters. The van der Waals surface area contributed by atoms with Crippen LogP contribution in [0.25, 0.3) is 0 Å². The summed E-state index contributed by atoms with van der Waals surface area (Å²) < 4.78 is 0. The van der Waals surface area contributed by atoms with Crippen molar-refractivity contribution >= 4 is 5.91 Å². The fourth-order valence-electron chi connectivity index (χ4n) is 2.11. The van der Waals surface area contributed by atoms with Gasteiger partial charge in [0.15, 0.2) is 0 Å². The number of hydrogen-bond donors (Lipinski definition) is 0. The Morgan fingerprint density at radius 2 is 1.57 bits per heavy atom. The second kappa shape index (κ2) is 3.18. The van der Waals surface area contributed by atoms with E-state index in [1.54, 1.807) is 26.0 Å². The highest BCUT2D eigenvalue weighted by molar-refractivity contribution is 5.87. The van der Waals surface area contributed by atoms with Gasteiger partial charge in [-0.3, -0.25) is 14.5 Å². The van der Waals surface area contributed by atoms with Crippen LogP contribution in [0.2, 0.25) is 0 Å². The van der Waals surface area contributed by atoms with Gasteiger partial charge in [-0.1, -0.05) is 0 Å². The van der Waals surface area contributed by atoms with Gasteiger partial charge in [0.2, 0.25) is 0 Å². The smallest absolute Gasteiger partial charge is 0.270 e. The van der Waals surface area contributed by atoms with Crippen LogP contribution in [0.5, 0.6) is 0 Å². The maximum Gasteiger partial charge on any atom is 0.270 e. The molecule has 0 radical (unpaired) electrons. The van der Waals surface area contributed by atoms with Crippen molar-refractivity contribution in [3.8, 4) is 0 Å². The SMILES string of the molecule is CON1C(=O)C(C)(C)N(OC)C1(C)C. The van der Waals surface area contributed by atoms with Crippen LogP contribution in [0.1, 0.15) is 27.7 Å². The molecule has 5 nitrogen and oxygen atoms in total. The first-order valence-electron chi connectivity index (χ1n) is 4.53. The van der Waals surface area contributed by atoms with Crippen molar-refractivity contribution in [2.45, 2.75) is 38.9 Å². The van der Waals surface area contributed by atoms with E-state index in [0.717, 1.165) is 0 Å². The molecular weight excluding hydrogens is 184 g/mol. The van der Waals surface area contributed by atoms with Gasteiger partial charge in [-0.2, -0.15) is 5.06 Å². The van der Waals surface area contributed by atoms with Gasteiger partial charge in [0.05, 0.1) is 14.2 Å². The molecule has 1 heterocycles. The zero-order chi connectivity index (χ0) is 11.1. The maximum atomic E-state index is 11.9. The van der Waals surface area contributed by atoms with Crippen LogP contribution >= 0.6 is 0 Å². The fraction of sp³-hybridized carbons (Fsp3) is 0.889. The number of carbonyl (C=O) groups is 1. The molecule has 1 aliphatic heterocycles. The second-order valence-electron chi connectivity index (χ2n) is 4.31. The van der Waals surface area contributed by atoms with Crippen molar-refractivity contribution in [2.75, 3.05) is 14.2 Å². The summed E-state index contributed by atoms with van der Waals surface area (Å²) in [5.41, 5.74) is -1.29. The highest BCUT2D eigenvalue weighted by atomic mass is 16.7. The standard InChI is InChI=1S/C9H18N2O3/c1-8(2)7(12)10(13-5)9(3,4)11(8)14-6/h1-6H3. The zero-order valence-electron chi connectivity index (χ0n) is 9.62. The molecule has 0 aromatic heterocycles. The Bertz CT molecular complexity index is 250. The van der Waals surface area contributed by atoms with E-state index in [2.05, 4.69) is 0 Å². The van der Waals surface area contributed by atoms with E-state index in [-0.39, 0.29) is 5.91 Å². The summed E-state index contributed by atoms with van der Waals surface area (Å²) in [5, 5.41) is 2.96. The molecular formula is C9H18N2O3. The number of rotatable bonds is 2. The maximum absolute atomic E-state index is 11.9. The average molecular weight is 202 g/mol. The highest BCUT2D eigenvalue weighted by Crippen LogP contribution is 2.37. The molecule has 0 aromatic carbocycles. The largest absolute Gasteiger partial charge is 0.299 e. The zero-order valence-corrected chi connectivity index (χ0v) is 9.62. The van der Waals surface area contributed by atoms with E-state index < -0.39 is 11.2 Å². The topological polar surface area (TPSA) is 42.0 Å². The molecule has 1 amide bonds. The van der Waals surface area contributed by atoms with Crippen molar-refractivity contribution in [3.63, 3.8) is 0 Å². The molecule has 5 heteroatoms. The van der Waals surface area contributed by atoms with Crippen molar-refractivity contribution < 1.29 is 14.5 Å². The molecule has 1 rings (SSSR count). The Morgan fingerprint density at radius 1 is 1.07 bits per heavy atom.